The van der Waals surface area contributed by atoms with E-state index >= 15 is 0 Å². The largest absolute Gasteiger partial charge is 0.310 e. The van der Waals surface area contributed by atoms with E-state index in [0.717, 1.165) is 67.5 Å². The van der Waals surface area contributed by atoms with Crippen LogP contribution in [0.2, 0.25) is 0 Å². The summed E-state index contributed by atoms with van der Waals surface area (Å²) in [4.78, 5) is 4.86. The Bertz CT molecular complexity index is 4790. The Morgan fingerprint density at radius 3 is 0.734 bits per heavy atom. The van der Waals surface area contributed by atoms with Gasteiger partial charge in [-0.2, -0.15) is 0 Å². The zero-order valence-electron chi connectivity index (χ0n) is 51.8. The third kappa shape index (κ3) is 9.41. The molecule has 442 valence electrons. The van der Waals surface area contributed by atoms with E-state index in [1.54, 1.807) is 0 Å². The average Bonchev–Trinajstić information content (AvgIpc) is 1.81. The number of hydrogen-bond donors (Lipinski definition) is 0. The fourth-order valence-corrected chi connectivity index (χ4v) is 15.4. The van der Waals surface area contributed by atoms with Crippen molar-refractivity contribution in [2.45, 2.75) is 10.8 Å². The van der Waals surface area contributed by atoms with Gasteiger partial charge >= 0.3 is 0 Å². The molecule has 17 rings (SSSR count). The Hall–Kier alpha value is -12.1. The second-order valence-corrected chi connectivity index (χ2v) is 24.7. The quantitative estimate of drug-likeness (QED) is 0.107. The molecule has 0 unspecified atom stereocenters. The van der Waals surface area contributed by atoms with Crippen molar-refractivity contribution in [3.05, 3.63) is 433 Å². The van der Waals surface area contributed by atoms with Crippen molar-refractivity contribution < 1.29 is 0 Å². The molecule has 0 saturated carbocycles. The Morgan fingerprint density at radius 1 is 0.149 bits per heavy atom. The van der Waals surface area contributed by atoms with E-state index in [4.69, 9.17) is 0 Å². The fourth-order valence-electron chi connectivity index (χ4n) is 15.4. The van der Waals surface area contributed by atoms with Gasteiger partial charge < -0.3 is 9.80 Å². The molecule has 15 aromatic rings. The Labute approximate surface area is 550 Å². The number of anilines is 6. The van der Waals surface area contributed by atoms with E-state index in [-0.39, 0.29) is 0 Å². The van der Waals surface area contributed by atoms with Gasteiger partial charge in [0.25, 0.3) is 0 Å². The summed E-state index contributed by atoms with van der Waals surface area (Å²) < 4.78 is 0. The van der Waals surface area contributed by atoms with Crippen LogP contribution in [0.1, 0.15) is 44.5 Å². The standard InChI is InChI=1S/C92H64N2/c1-7-25-65(26-8-1)71-29-23-39-79(61-71)93(81-57-59-85-83-41-19-21-43-87(83)91(89(85)63-81,73-31-11-3-12-32-73)74-33-13-4-14-34-74)77-53-49-69(50-54-77)67-45-47-68(48-46-67)70-51-55-78(56-52-70)94(80-40-24-30-72(62-80)66-27-9-2-10-28-66)82-58-60-86-84-42-20-22-44-88(84)92(90(86)64-82,75-35-15-5-16-36-75)76-37-17-6-18-38-76/h1-64H. The molecular weight excluding hydrogens is 1130 g/mol. The zero-order chi connectivity index (χ0) is 62.4. The van der Waals surface area contributed by atoms with E-state index in [0.29, 0.717) is 0 Å². The smallest absolute Gasteiger partial charge is 0.0714 e. The van der Waals surface area contributed by atoms with Crippen molar-refractivity contribution in [2.24, 2.45) is 0 Å². The van der Waals surface area contributed by atoms with Crippen LogP contribution in [0.5, 0.6) is 0 Å². The number of rotatable bonds is 14. The zero-order valence-corrected chi connectivity index (χ0v) is 51.8. The molecular formula is C92H64N2. The van der Waals surface area contributed by atoms with Crippen molar-refractivity contribution in [3.8, 4) is 66.8 Å². The normalized spacial score (nSPS) is 12.9. The van der Waals surface area contributed by atoms with Gasteiger partial charge in [0.15, 0.2) is 0 Å². The van der Waals surface area contributed by atoms with Crippen molar-refractivity contribution >= 4 is 34.1 Å². The molecule has 0 bridgehead atoms. The van der Waals surface area contributed by atoms with Gasteiger partial charge in [0.2, 0.25) is 0 Å². The molecule has 94 heavy (non-hydrogen) atoms. The number of nitrogens with zero attached hydrogens (tertiary/aromatic N) is 2. The first-order chi connectivity index (χ1) is 46.6. The maximum absolute atomic E-state index is 2.46. The van der Waals surface area contributed by atoms with E-state index in [9.17, 15) is 0 Å². The van der Waals surface area contributed by atoms with Gasteiger partial charge in [-0.25, -0.2) is 0 Å². The first kappa shape index (κ1) is 55.9. The maximum atomic E-state index is 2.46. The summed E-state index contributed by atoms with van der Waals surface area (Å²) in [6.45, 7) is 0. The van der Waals surface area contributed by atoms with Crippen molar-refractivity contribution in [1.29, 1.82) is 0 Å². The van der Waals surface area contributed by atoms with Crippen LogP contribution in [0.3, 0.4) is 0 Å². The highest BCUT2D eigenvalue weighted by Crippen LogP contribution is 2.59. The molecule has 0 aliphatic heterocycles. The fraction of sp³-hybridized carbons (Fsp3) is 0.0217. The molecule has 0 atom stereocenters. The summed E-state index contributed by atoms with van der Waals surface area (Å²) in [6.07, 6.45) is 0. The van der Waals surface area contributed by atoms with Crippen molar-refractivity contribution in [3.63, 3.8) is 0 Å². The number of hydrogen-bond acceptors (Lipinski definition) is 2. The second kappa shape index (κ2) is 23.6. The topological polar surface area (TPSA) is 6.48 Å². The van der Waals surface area contributed by atoms with Crippen LogP contribution >= 0.6 is 0 Å². The molecule has 0 spiro atoms. The van der Waals surface area contributed by atoms with Gasteiger partial charge in [-0.1, -0.05) is 315 Å². The summed E-state index contributed by atoms with van der Waals surface area (Å²) in [5, 5.41) is 0. The van der Waals surface area contributed by atoms with Gasteiger partial charge in [-0.15, -0.1) is 0 Å². The molecule has 0 fully saturated rings. The summed E-state index contributed by atoms with van der Waals surface area (Å²) in [5.74, 6) is 0. The lowest BCUT2D eigenvalue weighted by Crippen LogP contribution is -2.28. The van der Waals surface area contributed by atoms with Crippen LogP contribution in [0, 0.1) is 0 Å². The molecule has 2 heteroatoms. The lowest BCUT2D eigenvalue weighted by atomic mass is 9.67. The molecule has 0 aromatic heterocycles. The summed E-state index contributed by atoms with van der Waals surface area (Å²) in [6, 6.07) is 143. The molecule has 2 nitrogen and oxygen atoms in total. The molecule has 0 N–H and O–H groups in total. The van der Waals surface area contributed by atoms with Crippen LogP contribution in [0.25, 0.3) is 66.8 Å². The van der Waals surface area contributed by atoms with Crippen molar-refractivity contribution in [2.75, 3.05) is 9.80 Å². The number of benzene rings is 15. The Kier molecular flexibility index (Phi) is 14.0. The van der Waals surface area contributed by atoms with E-state index in [2.05, 4.69) is 398 Å². The van der Waals surface area contributed by atoms with Crippen LogP contribution < -0.4 is 9.80 Å². The lowest BCUT2D eigenvalue weighted by molar-refractivity contribution is 0.768. The summed E-state index contributed by atoms with van der Waals surface area (Å²) >= 11 is 0. The first-order valence-corrected chi connectivity index (χ1v) is 32.5. The third-order valence-electron chi connectivity index (χ3n) is 19.6. The minimum Gasteiger partial charge on any atom is -0.310 e. The molecule has 0 radical (unpaired) electrons. The highest BCUT2D eigenvalue weighted by Gasteiger charge is 2.48. The highest BCUT2D eigenvalue weighted by molar-refractivity contribution is 5.93. The maximum Gasteiger partial charge on any atom is 0.0714 e. The summed E-state index contributed by atoms with van der Waals surface area (Å²) in [5.41, 5.74) is 29.9. The molecule has 2 aliphatic carbocycles. The first-order valence-electron chi connectivity index (χ1n) is 32.5. The van der Waals surface area contributed by atoms with Gasteiger partial charge in [0, 0.05) is 34.1 Å². The molecule has 2 aliphatic rings. The van der Waals surface area contributed by atoms with Crippen molar-refractivity contribution in [1.82, 2.24) is 0 Å². The predicted molar refractivity (Wildman–Crippen MR) is 392 cm³/mol. The summed E-state index contributed by atoms with van der Waals surface area (Å²) in [7, 11) is 0. The van der Waals surface area contributed by atoms with E-state index < -0.39 is 10.8 Å². The minimum atomic E-state index is -0.535. The number of fused-ring (bicyclic) bond motifs is 6. The Balaban J connectivity index is 0.727. The van der Waals surface area contributed by atoms with E-state index in [1.165, 1.54) is 77.9 Å². The Morgan fingerprint density at radius 2 is 0.394 bits per heavy atom. The van der Waals surface area contributed by atoms with Crippen LogP contribution in [-0.4, -0.2) is 0 Å². The second-order valence-electron chi connectivity index (χ2n) is 24.7. The predicted octanol–water partition coefficient (Wildman–Crippen LogP) is 24.0. The van der Waals surface area contributed by atoms with E-state index in [1.807, 2.05) is 0 Å². The molecule has 0 heterocycles. The molecule has 0 saturated heterocycles. The lowest BCUT2D eigenvalue weighted by Gasteiger charge is -2.35. The average molecular weight is 1200 g/mol. The minimum absolute atomic E-state index is 0.535. The van der Waals surface area contributed by atoms with Crippen LogP contribution in [0.15, 0.2) is 388 Å². The van der Waals surface area contributed by atoms with Gasteiger partial charge in [0.05, 0.1) is 10.8 Å². The monoisotopic (exact) mass is 1200 g/mol. The van der Waals surface area contributed by atoms with Gasteiger partial charge in [0.1, 0.15) is 0 Å². The van der Waals surface area contributed by atoms with Gasteiger partial charge in [-0.3, -0.25) is 0 Å². The molecule has 0 amide bonds. The highest BCUT2D eigenvalue weighted by atomic mass is 15.1. The van der Waals surface area contributed by atoms with Crippen LogP contribution in [-0.2, 0) is 10.8 Å². The van der Waals surface area contributed by atoms with Crippen LogP contribution in [0.4, 0.5) is 34.1 Å². The SMILES string of the molecule is c1ccc(-c2cccc(N(c3ccc(-c4ccc(-c5ccc(N(c6cccc(-c7ccccc7)c6)c6ccc7c(c6)C(c6ccccc6)(c6ccccc6)c6ccccc6-7)cc5)cc4)cc3)c3ccc4c(c3)C(c3ccccc3)(c3ccccc3)c3ccccc3-4)c2)cc1. The molecule has 15 aromatic carbocycles. The third-order valence-corrected chi connectivity index (χ3v) is 19.6. The van der Waals surface area contributed by atoms with Gasteiger partial charge in [-0.05, 0) is 184 Å².